The van der Waals surface area contributed by atoms with Crippen LogP contribution in [-0.4, -0.2) is 42.5 Å². The highest BCUT2D eigenvalue weighted by Gasteiger charge is 2.39. The van der Waals surface area contributed by atoms with Crippen LogP contribution in [0, 0.1) is 0 Å². The zero-order chi connectivity index (χ0) is 22.6. The van der Waals surface area contributed by atoms with Gasteiger partial charge in [-0.3, -0.25) is 9.59 Å². The summed E-state index contributed by atoms with van der Waals surface area (Å²) in [7, 11) is 0. The molecular formula is C28H28N2O3. The summed E-state index contributed by atoms with van der Waals surface area (Å²) in [5, 5.41) is 0. The molecule has 5 nitrogen and oxygen atoms in total. The van der Waals surface area contributed by atoms with Crippen LogP contribution in [0.15, 0.2) is 84.9 Å². The fourth-order valence-electron chi connectivity index (χ4n) is 4.81. The minimum atomic E-state index is -0.700. The molecule has 33 heavy (non-hydrogen) atoms. The van der Waals surface area contributed by atoms with Crippen LogP contribution in [0.3, 0.4) is 0 Å². The first-order valence-corrected chi connectivity index (χ1v) is 11.7. The Morgan fingerprint density at radius 2 is 1.33 bits per heavy atom. The van der Waals surface area contributed by atoms with Crippen molar-refractivity contribution in [2.75, 3.05) is 24.5 Å². The molecule has 2 heterocycles. The van der Waals surface area contributed by atoms with Crippen LogP contribution < -0.4 is 9.64 Å². The maximum atomic E-state index is 14.2. The number of hydrogen-bond acceptors (Lipinski definition) is 3. The molecule has 5 heteroatoms. The molecule has 0 aliphatic carbocycles. The number of carbonyl (C=O) groups excluding carboxylic acids is 2. The monoisotopic (exact) mass is 440 g/mol. The van der Waals surface area contributed by atoms with Crippen molar-refractivity contribution in [2.24, 2.45) is 0 Å². The zero-order valence-electron chi connectivity index (χ0n) is 18.6. The molecule has 5 rings (SSSR count). The number of anilines is 1. The molecule has 1 atom stereocenters. The van der Waals surface area contributed by atoms with E-state index in [0.717, 1.165) is 43.5 Å². The van der Waals surface area contributed by atoms with Crippen molar-refractivity contribution < 1.29 is 14.3 Å². The number of rotatable bonds is 4. The molecule has 1 unspecified atom stereocenters. The van der Waals surface area contributed by atoms with E-state index in [9.17, 15) is 9.59 Å². The van der Waals surface area contributed by atoms with E-state index >= 15 is 0 Å². The molecule has 0 spiro atoms. The summed E-state index contributed by atoms with van der Waals surface area (Å²) in [4.78, 5) is 31.1. The summed E-state index contributed by atoms with van der Waals surface area (Å²) >= 11 is 0. The number of piperidine rings is 1. The van der Waals surface area contributed by atoms with Crippen molar-refractivity contribution in [1.82, 2.24) is 4.90 Å². The van der Waals surface area contributed by atoms with Crippen LogP contribution in [0.5, 0.6) is 5.75 Å². The maximum Gasteiger partial charge on any atom is 0.265 e. The molecule has 3 aromatic carbocycles. The summed E-state index contributed by atoms with van der Waals surface area (Å²) in [5.74, 6) is 0.0224. The van der Waals surface area contributed by atoms with Crippen LogP contribution in [0.2, 0.25) is 0 Å². The summed E-state index contributed by atoms with van der Waals surface area (Å²) in [6, 6.07) is 27.2. The summed E-state index contributed by atoms with van der Waals surface area (Å²) in [5.41, 5.74) is 2.57. The third-order valence-electron chi connectivity index (χ3n) is 6.50. The third kappa shape index (κ3) is 4.36. The van der Waals surface area contributed by atoms with Crippen molar-refractivity contribution >= 4 is 17.5 Å². The second kappa shape index (κ2) is 9.49. The molecule has 0 saturated carbocycles. The molecule has 1 fully saturated rings. The van der Waals surface area contributed by atoms with E-state index in [4.69, 9.17) is 4.74 Å². The Balaban J connectivity index is 1.51. The highest BCUT2D eigenvalue weighted by Crippen LogP contribution is 2.37. The lowest BCUT2D eigenvalue weighted by atomic mass is 9.89. The van der Waals surface area contributed by atoms with Gasteiger partial charge in [-0.2, -0.15) is 0 Å². The van der Waals surface area contributed by atoms with Gasteiger partial charge in [0, 0.05) is 13.1 Å². The summed E-state index contributed by atoms with van der Waals surface area (Å²) in [6.07, 6.45) is 2.48. The van der Waals surface area contributed by atoms with E-state index in [0.29, 0.717) is 11.4 Å². The van der Waals surface area contributed by atoms with Crippen molar-refractivity contribution in [3.63, 3.8) is 0 Å². The number of fused-ring (bicyclic) bond motifs is 1. The van der Waals surface area contributed by atoms with E-state index in [1.807, 2.05) is 89.8 Å². The zero-order valence-corrected chi connectivity index (χ0v) is 18.6. The van der Waals surface area contributed by atoms with Gasteiger partial charge in [0.05, 0.1) is 18.2 Å². The molecule has 0 bridgehead atoms. The number of likely N-dealkylation sites (tertiary alicyclic amines) is 1. The molecule has 0 radical (unpaired) electrons. The minimum absolute atomic E-state index is 0.0297. The standard InChI is InChI=1S/C28H28N2O3/c31-27(29-18-10-3-11-19-29)25-20-30(23-16-8-9-17-24(23)33-25)28(32)26(21-12-4-1-5-13-21)22-14-6-2-7-15-22/h1-2,4-9,12-17,25-26H,3,10-11,18-20H2. The predicted octanol–water partition coefficient (Wildman–Crippen LogP) is 4.63. The first kappa shape index (κ1) is 21.3. The Bertz CT molecular complexity index is 1070. The molecule has 0 N–H and O–H groups in total. The normalized spacial score (nSPS) is 17.9. The molecule has 0 aromatic heterocycles. The quantitative estimate of drug-likeness (QED) is 0.595. The molecule has 2 amide bonds. The van der Waals surface area contributed by atoms with Crippen LogP contribution in [0.1, 0.15) is 36.3 Å². The maximum absolute atomic E-state index is 14.2. The van der Waals surface area contributed by atoms with Gasteiger partial charge in [0.1, 0.15) is 5.75 Å². The van der Waals surface area contributed by atoms with E-state index in [1.54, 1.807) is 4.90 Å². The van der Waals surface area contributed by atoms with E-state index in [2.05, 4.69) is 0 Å². The Labute approximate surface area is 194 Å². The van der Waals surface area contributed by atoms with Gasteiger partial charge in [-0.1, -0.05) is 72.8 Å². The van der Waals surface area contributed by atoms with Gasteiger partial charge in [0.2, 0.25) is 5.91 Å². The van der Waals surface area contributed by atoms with Crippen molar-refractivity contribution in [1.29, 1.82) is 0 Å². The van der Waals surface area contributed by atoms with Gasteiger partial charge >= 0.3 is 0 Å². The number of nitrogens with zero attached hydrogens (tertiary/aromatic N) is 2. The van der Waals surface area contributed by atoms with Crippen LogP contribution in [-0.2, 0) is 9.59 Å². The first-order valence-electron chi connectivity index (χ1n) is 11.7. The number of amides is 2. The number of ether oxygens (including phenoxy) is 1. The average Bonchev–Trinajstić information content (AvgIpc) is 2.89. The number of hydrogen-bond donors (Lipinski definition) is 0. The second-order valence-electron chi connectivity index (χ2n) is 8.66. The Kier molecular flexibility index (Phi) is 6.11. The van der Waals surface area contributed by atoms with Gasteiger partial charge in [0.25, 0.3) is 5.91 Å². The molecule has 168 valence electrons. The minimum Gasteiger partial charge on any atom is -0.476 e. The topological polar surface area (TPSA) is 49.9 Å². The van der Waals surface area contributed by atoms with Gasteiger partial charge < -0.3 is 14.5 Å². The van der Waals surface area contributed by atoms with Gasteiger partial charge in [-0.25, -0.2) is 0 Å². The van der Waals surface area contributed by atoms with Gasteiger partial charge in [-0.15, -0.1) is 0 Å². The van der Waals surface area contributed by atoms with Crippen LogP contribution in [0.25, 0.3) is 0 Å². The highest BCUT2D eigenvalue weighted by atomic mass is 16.5. The summed E-state index contributed by atoms with van der Waals surface area (Å²) in [6.45, 7) is 1.72. The van der Waals surface area contributed by atoms with Crippen molar-refractivity contribution in [2.45, 2.75) is 31.3 Å². The van der Waals surface area contributed by atoms with E-state index < -0.39 is 12.0 Å². The Hall–Kier alpha value is -3.60. The molecule has 2 aliphatic heterocycles. The SMILES string of the molecule is O=C(C1CN(C(=O)C(c2ccccc2)c2ccccc2)c2ccccc2O1)N1CCCCC1. The number of para-hydroxylation sites is 2. The van der Waals surface area contributed by atoms with E-state index in [1.165, 1.54) is 0 Å². The molecule has 2 aliphatic rings. The number of benzene rings is 3. The van der Waals surface area contributed by atoms with Crippen LogP contribution >= 0.6 is 0 Å². The largest absolute Gasteiger partial charge is 0.476 e. The predicted molar refractivity (Wildman–Crippen MR) is 128 cm³/mol. The van der Waals surface area contributed by atoms with Crippen molar-refractivity contribution in [3.8, 4) is 5.75 Å². The lowest BCUT2D eigenvalue weighted by molar-refractivity contribution is -0.139. The Morgan fingerprint density at radius 3 is 1.97 bits per heavy atom. The van der Waals surface area contributed by atoms with E-state index in [-0.39, 0.29) is 18.4 Å². The average molecular weight is 441 g/mol. The number of carbonyl (C=O) groups is 2. The third-order valence-corrected chi connectivity index (χ3v) is 6.50. The smallest absolute Gasteiger partial charge is 0.265 e. The lowest BCUT2D eigenvalue weighted by Gasteiger charge is -2.38. The molecular weight excluding hydrogens is 412 g/mol. The first-order chi connectivity index (χ1) is 16.2. The van der Waals surface area contributed by atoms with Gasteiger partial charge in [-0.05, 0) is 42.5 Å². The lowest BCUT2D eigenvalue weighted by Crippen LogP contribution is -2.53. The molecule has 1 saturated heterocycles. The second-order valence-corrected chi connectivity index (χ2v) is 8.66. The Morgan fingerprint density at radius 1 is 0.758 bits per heavy atom. The fraction of sp³-hybridized carbons (Fsp3) is 0.286. The van der Waals surface area contributed by atoms with Crippen molar-refractivity contribution in [3.05, 3.63) is 96.1 Å². The van der Waals surface area contributed by atoms with Gasteiger partial charge in [0.15, 0.2) is 6.10 Å². The fourth-order valence-corrected chi connectivity index (χ4v) is 4.81. The highest BCUT2D eigenvalue weighted by molar-refractivity contribution is 6.02. The summed E-state index contributed by atoms with van der Waals surface area (Å²) < 4.78 is 6.13. The molecule has 3 aromatic rings. The van der Waals surface area contributed by atoms with Crippen LogP contribution in [0.4, 0.5) is 5.69 Å².